The molecule has 0 saturated heterocycles. The summed E-state index contributed by atoms with van der Waals surface area (Å²) in [6, 6.07) is 12.4. The molecular formula is C19H20F2N6. The van der Waals surface area contributed by atoms with Crippen molar-refractivity contribution in [3.05, 3.63) is 71.3 Å². The first-order chi connectivity index (χ1) is 13.0. The Morgan fingerprint density at radius 2 is 1.48 bits per heavy atom. The van der Waals surface area contributed by atoms with Crippen LogP contribution in [-0.2, 0) is 6.42 Å². The minimum atomic E-state index is -0.289. The Morgan fingerprint density at radius 3 is 2.15 bits per heavy atom. The van der Waals surface area contributed by atoms with Crippen LogP contribution in [-0.4, -0.2) is 21.5 Å². The predicted octanol–water partition coefficient (Wildman–Crippen LogP) is 3.56. The smallest absolute Gasteiger partial charge is 0.229 e. The molecule has 0 unspecified atom stereocenters. The van der Waals surface area contributed by atoms with Gasteiger partial charge in [-0.3, -0.25) is 0 Å². The van der Waals surface area contributed by atoms with Crippen molar-refractivity contribution < 1.29 is 8.78 Å². The average Bonchev–Trinajstić information content (AvgIpc) is 2.63. The summed E-state index contributed by atoms with van der Waals surface area (Å²) in [6.45, 7) is 2.47. The summed E-state index contributed by atoms with van der Waals surface area (Å²) >= 11 is 0. The van der Waals surface area contributed by atoms with E-state index in [0.29, 0.717) is 24.9 Å². The maximum absolute atomic E-state index is 13.0. The second-order valence-corrected chi connectivity index (χ2v) is 6.06. The Morgan fingerprint density at radius 1 is 0.889 bits per heavy atom. The van der Waals surface area contributed by atoms with Crippen LogP contribution in [0.4, 0.5) is 26.6 Å². The van der Waals surface area contributed by atoms with Gasteiger partial charge in [0.2, 0.25) is 17.8 Å². The highest BCUT2D eigenvalue weighted by molar-refractivity contribution is 5.41. The van der Waals surface area contributed by atoms with E-state index >= 15 is 0 Å². The Labute approximate surface area is 155 Å². The molecule has 8 heteroatoms. The molecule has 140 valence electrons. The lowest BCUT2D eigenvalue weighted by atomic mass is 10.1. The molecule has 3 rings (SSSR count). The molecule has 0 radical (unpaired) electrons. The van der Waals surface area contributed by atoms with Crippen molar-refractivity contribution in [1.29, 1.82) is 0 Å². The van der Waals surface area contributed by atoms with E-state index in [1.54, 1.807) is 24.3 Å². The van der Waals surface area contributed by atoms with E-state index in [9.17, 15) is 8.78 Å². The molecule has 0 aliphatic carbocycles. The van der Waals surface area contributed by atoms with Gasteiger partial charge in [-0.1, -0.05) is 24.3 Å². The zero-order valence-corrected chi connectivity index (χ0v) is 14.8. The van der Waals surface area contributed by atoms with Gasteiger partial charge in [-0.25, -0.2) is 8.78 Å². The third-order valence-corrected chi connectivity index (χ3v) is 3.98. The lowest BCUT2D eigenvalue weighted by molar-refractivity contribution is 0.626. The maximum atomic E-state index is 13.0. The van der Waals surface area contributed by atoms with Gasteiger partial charge >= 0.3 is 0 Å². The number of nitrogens with two attached hydrogens (primary N) is 1. The van der Waals surface area contributed by atoms with Crippen molar-refractivity contribution in [2.45, 2.75) is 19.4 Å². The third kappa shape index (κ3) is 5.34. The molecule has 6 nitrogen and oxygen atoms in total. The average molecular weight is 370 g/mol. The van der Waals surface area contributed by atoms with Crippen molar-refractivity contribution in [2.24, 2.45) is 0 Å². The topological polar surface area (TPSA) is 88.8 Å². The molecule has 0 bridgehead atoms. The van der Waals surface area contributed by atoms with Crippen molar-refractivity contribution >= 4 is 17.8 Å². The van der Waals surface area contributed by atoms with Gasteiger partial charge in [0.1, 0.15) is 11.6 Å². The van der Waals surface area contributed by atoms with Crippen molar-refractivity contribution in [2.75, 3.05) is 22.9 Å². The molecule has 0 saturated carbocycles. The molecule has 3 aromatic rings. The predicted molar refractivity (Wildman–Crippen MR) is 101 cm³/mol. The first-order valence-corrected chi connectivity index (χ1v) is 8.51. The van der Waals surface area contributed by atoms with E-state index in [-0.39, 0.29) is 23.6 Å². The molecule has 1 atom stereocenters. The van der Waals surface area contributed by atoms with Crippen molar-refractivity contribution in [1.82, 2.24) is 15.0 Å². The number of aromatic nitrogens is 3. The summed E-state index contributed by atoms with van der Waals surface area (Å²) < 4.78 is 26.0. The monoisotopic (exact) mass is 370 g/mol. The number of halogens is 2. The van der Waals surface area contributed by atoms with E-state index < -0.39 is 0 Å². The van der Waals surface area contributed by atoms with Crippen LogP contribution in [0.3, 0.4) is 0 Å². The number of hydrogen-bond donors (Lipinski definition) is 3. The largest absolute Gasteiger partial charge is 0.368 e. The molecular weight excluding hydrogens is 350 g/mol. The van der Waals surface area contributed by atoms with Crippen LogP contribution < -0.4 is 16.4 Å². The summed E-state index contributed by atoms with van der Waals surface area (Å²) in [5.74, 6) is 0.205. The summed E-state index contributed by atoms with van der Waals surface area (Å²) in [7, 11) is 0. The standard InChI is InChI=1S/C19H20F2N6/c1-12(14-4-8-16(21)9-5-14)24-19-26-17(22)25-18(27-19)23-11-10-13-2-6-15(20)7-3-13/h2-9,12H,10-11H2,1H3,(H4,22,23,24,25,26,27)/t12-/m0/s1. The highest BCUT2D eigenvalue weighted by Gasteiger charge is 2.10. The van der Waals surface area contributed by atoms with Crippen LogP contribution in [0.5, 0.6) is 0 Å². The van der Waals surface area contributed by atoms with Crippen LogP contribution in [0.2, 0.25) is 0 Å². The summed E-state index contributed by atoms with van der Waals surface area (Å²) in [5.41, 5.74) is 7.64. The first-order valence-electron chi connectivity index (χ1n) is 8.51. The maximum Gasteiger partial charge on any atom is 0.229 e. The summed E-state index contributed by atoms with van der Waals surface area (Å²) in [6.07, 6.45) is 0.681. The fraction of sp³-hybridized carbons (Fsp3) is 0.211. The van der Waals surface area contributed by atoms with Gasteiger partial charge in [-0.2, -0.15) is 15.0 Å². The minimum Gasteiger partial charge on any atom is -0.368 e. The van der Waals surface area contributed by atoms with Gasteiger partial charge in [-0.05, 0) is 48.7 Å². The molecule has 1 aromatic heterocycles. The number of rotatable bonds is 7. The van der Waals surface area contributed by atoms with E-state index in [1.807, 2.05) is 6.92 Å². The number of nitrogens with zero attached hydrogens (tertiary/aromatic N) is 3. The molecule has 27 heavy (non-hydrogen) atoms. The highest BCUT2D eigenvalue weighted by atomic mass is 19.1. The molecule has 0 aliphatic rings. The number of benzene rings is 2. The molecule has 1 heterocycles. The molecule has 0 fully saturated rings. The number of hydrogen-bond acceptors (Lipinski definition) is 6. The van der Waals surface area contributed by atoms with Crippen LogP contribution in [0.1, 0.15) is 24.1 Å². The number of nitrogen functional groups attached to an aromatic ring is 1. The van der Waals surface area contributed by atoms with Gasteiger partial charge in [0.05, 0.1) is 6.04 Å². The van der Waals surface area contributed by atoms with Crippen molar-refractivity contribution in [3.8, 4) is 0 Å². The lowest BCUT2D eigenvalue weighted by Crippen LogP contribution is -2.14. The second kappa shape index (κ2) is 8.39. The molecule has 0 amide bonds. The Balaban J connectivity index is 1.61. The fourth-order valence-electron chi connectivity index (χ4n) is 2.53. The minimum absolute atomic E-state index is 0.0862. The highest BCUT2D eigenvalue weighted by Crippen LogP contribution is 2.18. The number of nitrogens with one attached hydrogen (secondary N) is 2. The van der Waals surface area contributed by atoms with Gasteiger partial charge in [0.25, 0.3) is 0 Å². The van der Waals surface area contributed by atoms with Crippen LogP contribution >= 0.6 is 0 Å². The third-order valence-electron chi connectivity index (χ3n) is 3.98. The van der Waals surface area contributed by atoms with Crippen LogP contribution in [0.15, 0.2) is 48.5 Å². The quantitative estimate of drug-likeness (QED) is 0.589. The lowest BCUT2D eigenvalue weighted by Gasteiger charge is -2.15. The fourth-order valence-corrected chi connectivity index (χ4v) is 2.53. The van der Waals surface area contributed by atoms with E-state index in [0.717, 1.165) is 11.1 Å². The summed E-state index contributed by atoms with van der Waals surface area (Å²) in [5, 5.41) is 6.21. The Bertz CT molecular complexity index is 884. The molecule has 0 spiro atoms. The van der Waals surface area contributed by atoms with E-state index in [4.69, 9.17) is 5.73 Å². The van der Waals surface area contributed by atoms with Gasteiger partial charge < -0.3 is 16.4 Å². The van der Waals surface area contributed by atoms with Gasteiger partial charge in [-0.15, -0.1) is 0 Å². The molecule has 2 aromatic carbocycles. The summed E-state index contributed by atoms with van der Waals surface area (Å²) in [4.78, 5) is 12.5. The SMILES string of the molecule is C[C@H](Nc1nc(N)nc(NCCc2ccc(F)cc2)n1)c1ccc(F)cc1. The van der Waals surface area contributed by atoms with E-state index in [2.05, 4.69) is 25.6 Å². The first kappa shape index (κ1) is 18.5. The van der Waals surface area contributed by atoms with Gasteiger partial charge in [0.15, 0.2) is 0 Å². The Kier molecular flexibility index (Phi) is 5.75. The van der Waals surface area contributed by atoms with Crippen molar-refractivity contribution in [3.63, 3.8) is 0 Å². The molecule has 0 aliphatic heterocycles. The molecule has 4 N–H and O–H groups in total. The number of anilines is 3. The van der Waals surface area contributed by atoms with Gasteiger partial charge in [0, 0.05) is 6.54 Å². The zero-order valence-electron chi connectivity index (χ0n) is 14.8. The van der Waals surface area contributed by atoms with Crippen LogP contribution in [0.25, 0.3) is 0 Å². The second-order valence-electron chi connectivity index (χ2n) is 6.06. The van der Waals surface area contributed by atoms with E-state index in [1.165, 1.54) is 24.3 Å². The zero-order chi connectivity index (χ0) is 19.2. The van der Waals surface area contributed by atoms with Crippen LogP contribution in [0, 0.1) is 11.6 Å². The Hall–Kier alpha value is -3.29. The normalized spacial score (nSPS) is 11.8.